The van der Waals surface area contributed by atoms with Gasteiger partial charge in [-0.25, -0.2) is 17.9 Å². The molecule has 1 rings (SSSR count). The van der Waals surface area contributed by atoms with Crippen LogP contribution in [-0.2, 0) is 10.0 Å². The van der Waals surface area contributed by atoms with Gasteiger partial charge in [0.1, 0.15) is 0 Å². The SMILES string of the molecule is CSCCCCNS(=O)(=O)c1ccc(Cl)c(C(=O)O)c1. The molecule has 0 heterocycles. The second kappa shape index (κ2) is 7.87. The van der Waals surface area contributed by atoms with Gasteiger partial charge in [-0.3, -0.25) is 0 Å². The average Bonchev–Trinajstić information content (AvgIpc) is 2.38. The highest BCUT2D eigenvalue weighted by atomic mass is 35.5. The summed E-state index contributed by atoms with van der Waals surface area (Å²) in [6, 6.07) is 3.63. The Morgan fingerprint density at radius 3 is 2.70 bits per heavy atom. The van der Waals surface area contributed by atoms with Crippen LogP contribution in [0, 0.1) is 0 Å². The molecule has 0 aliphatic rings. The fraction of sp³-hybridized carbons (Fsp3) is 0.417. The number of carboxylic acids is 1. The molecule has 1 aromatic carbocycles. The molecule has 0 saturated heterocycles. The highest BCUT2D eigenvalue weighted by Gasteiger charge is 2.17. The summed E-state index contributed by atoms with van der Waals surface area (Å²) in [6.07, 6.45) is 3.65. The summed E-state index contributed by atoms with van der Waals surface area (Å²) in [5.41, 5.74) is -0.225. The summed E-state index contributed by atoms with van der Waals surface area (Å²) in [6.45, 7) is 0.327. The van der Waals surface area contributed by atoms with Gasteiger partial charge in [0.2, 0.25) is 10.0 Å². The van der Waals surface area contributed by atoms with Crippen LogP contribution in [0.1, 0.15) is 23.2 Å². The van der Waals surface area contributed by atoms with Crippen molar-refractivity contribution in [3.63, 3.8) is 0 Å². The third-order valence-corrected chi connectivity index (χ3v) is 5.03. The van der Waals surface area contributed by atoms with E-state index in [-0.39, 0.29) is 15.5 Å². The number of thioether (sulfide) groups is 1. The summed E-state index contributed by atoms with van der Waals surface area (Å²) >= 11 is 7.41. The number of rotatable bonds is 8. The van der Waals surface area contributed by atoms with Crippen LogP contribution in [0.3, 0.4) is 0 Å². The first kappa shape index (κ1) is 17.3. The molecule has 0 aliphatic heterocycles. The van der Waals surface area contributed by atoms with Crippen LogP contribution < -0.4 is 4.72 Å². The third-order valence-electron chi connectivity index (χ3n) is 2.55. The van der Waals surface area contributed by atoms with Crippen LogP contribution in [0.25, 0.3) is 0 Å². The van der Waals surface area contributed by atoms with Crippen LogP contribution >= 0.6 is 23.4 Å². The quantitative estimate of drug-likeness (QED) is 0.712. The number of benzene rings is 1. The van der Waals surface area contributed by atoms with Crippen LogP contribution in [0.5, 0.6) is 0 Å². The standard InChI is InChI=1S/C12H16ClNO4S2/c1-19-7-3-2-6-14-20(17,18)9-4-5-11(13)10(8-9)12(15)16/h4-5,8,14H,2-3,6-7H2,1H3,(H,15,16). The molecular weight excluding hydrogens is 322 g/mol. The predicted molar refractivity (Wildman–Crippen MR) is 81.2 cm³/mol. The van der Waals surface area contributed by atoms with E-state index < -0.39 is 16.0 Å². The third kappa shape index (κ3) is 4.97. The molecule has 0 amide bonds. The number of carboxylic acid groups (broad SMARTS) is 1. The lowest BCUT2D eigenvalue weighted by Crippen LogP contribution is -2.25. The minimum Gasteiger partial charge on any atom is -0.478 e. The van der Waals surface area contributed by atoms with E-state index in [4.69, 9.17) is 16.7 Å². The number of aromatic carboxylic acids is 1. The zero-order valence-electron chi connectivity index (χ0n) is 10.9. The second-order valence-electron chi connectivity index (χ2n) is 4.04. The number of nitrogens with one attached hydrogen (secondary N) is 1. The summed E-state index contributed by atoms with van der Waals surface area (Å²) in [4.78, 5) is 10.8. The molecule has 0 unspecified atom stereocenters. The highest BCUT2D eigenvalue weighted by Crippen LogP contribution is 2.20. The zero-order valence-corrected chi connectivity index (χ0v) is 13.3. The van der Waals surface area contributed by atoms with Crippen molar-refractivity contribution in [3.05, 3.63) is 28.8 Å². The van der Waals surface area contributed by atoms with E-state index in [9.17, 15) is 13.2 Å². The Labute approximate surface area is 127 Å². The van der Waals surface area contributed by atoms with Crippen molar-refractivity contribution in [2.24, 2.45) is 0 Å². The molecule has 0 aliphatic carbocycles. The van der Waals surface area contributed by atoms with Crippen molar-refractivity contribution in [2.45, 2.75) is 17.7 Å². The summed E-state index contributed by atoms with van der Waals surface area (Å²) in [5, 5.41) is 8.94. The van der Waals surface area contributed by atoms with Crippen molar-refractivity contribution in [2.75, 3.05) is 18.6 Å². The first-order chi connectivity index (χ1) is 9.38. The van der Waals surface area contributed by atoms with Crippen LogP contribution in [0.2, 0.25) is 5.02 Å². The van der Waals surface area contributed by atoms with Crippen molar-refractivity contribution in [1.82, 2.24) is 4.72 Å². The molecule has 0 aromatic heterocycles. The number of halogens is 1. The lowest BCUT2D eigenvalue weighted by atomic mass is 10.2. The highest BCUT2D eigenvalue weighted by molar-refractivity contribution is 7.98. The predicted octanol–water partition coefficient (Wildman–Crippen LogP) is 2.46. The van der Waals surface area contributed by atoms with E-state index in [0.717, 1.165) is 24.7 Å². The fourth-order valence-corrected chi connectivity index (χ4v) is 3.29. The van der Waals surface area contributed by atoms with Gasteiger partial charge in [-0.1, -0.05) is 11.6 Å². The van der Waals surface area contributed by atoms with Crippen LogP contribution in [0.15, 0.2) is 23.1 Å². The summed E-state index contributed by atoms with van der Waals surface area (Å²) in [5.74, 6) is -0.279. The molecule has 0 radical (unpaired) electrons. The largest absolute Gasteiger partial charge is 0.478 e. The van der Waals surface area contributed by atoms with Gasteiger partial charge in [-0.15, -0.1) is 0 Å². The Morgan fingerprint density at radius 1 is 1.40 bits per heavy atom. The lowest BCUT2D eigenvalue weighted by Gasteiger charge is -2.08. The smallest absolute Gasteiger partial charge is 0.337 e. The van der Waals surface area contributed by atoms with E-state index in [1.165, 1.54) is 12.1 Å². The number of sulfonamides is 1. The van der Waals surface area contributed by atoms with Gasteiger partial charge in [0.25, 0.3) is 0 Å². The maximum atomic E-state index is 12.0. The Hall–Kier alpha value is -0.760. The summed E-state index contributed by atoms with van der Waals surface area (Å²) in [7, 11) is -3.70. The Morgan fingerprint density at radius 2 is 2.10 bits per heavy atom. The molecule has 0 atom stereocenters. The maximum absolute atomic E-state index is 12.0. The van der Waals surface area contributed by atoms with Crippen LogP contribution in [0.4, 0.5) is 0 Å². The second-order valence-corrected chi connectivity index (χ2v) is 7.20. The molecular formula is C12H16ClNO4S2. The Balaban J connectivity index is 2.77. The Bertz CT molecular complexity index is 575. The zero-order chi connectivity index (χ0) is 15.2. The maximum Gasteiger partial charge on any atom is 0.337 e. The minimum atomic E-state index is -3.70. The molecule has 20 heavy (non-hydrogen) atoms. The van der Waals surface area contributed by atoms with Gasteiger partial charge in [-0.05, 0) is 43.0 Å². The van der Waals surface area contributed by atoms with Crippen molar-refractivity contribution in [3.8, 4) is 0 Å². The lowest BCUT2D eigenvalue weighted by molar-refractivity contribution is 0.0697. The topological polar surface area (TPSA) is 83.5 Å². The molecule has 112 valence electrons. The Kier molecular flexibility index (Phi) is 6.81. The van der Waals surface area contributed by atoms with Gasteiger partial charge in [-0.2, -0.15) is 11.8 Å². The molecule has 2 N–H and O–H groups in total. The first-order valence-electron chi connectivity index (χ1n) is 5.90. The summed E-state index contributed by atoms with van der Waals surface area (Å²) < 4.78 is 26.4. The van der Waals surface area contributed by atoms with Gasteiger partial charge in [0.05, 0.1) is 15.5 Å². The van der Waals surface area contributed by atoms with Gasteiger partial charge in [0, 0.05) is 6.54 Å². The molecule has 0 bridgehead atoms. The van der Waals surface area contributed by atoms with Gasteiger partial charge < -0.3 is 5.11 Å². The number of unbranched alkanes of at least 4 members (excludes halogenated alkanes) is 1. The number of carbonyl (C=O) groups is 1. The minimum absolute atomic E-state index is 0.0106. The van der Waals surface area contributed by atoms with Gasteiger partial charge >= 0.3 is 5.97 Å². The monoisotopic (exact) mass is 337 g/mol. The van der Waals surface area contributed by atoms with E-state index in [0.29, 0.717) is 6.54 Å². The van der Waals surface area contributed by atoms with Gasteiger partial charge in [0.15, 0.2) is 0 Å². The fourth-order valence-electron chi connectivity index (χ4n) is 1.50. The van der Waals surface area contributed by atoms with Crippen LogP contribution in [-0.4, -0.2) is 38.0 Å². The molecule has 8 heteroatoms. The number of hydrogen-bond acceptors (Lipinski definition) is 4. The van der Waals surface area contributed by atoms with Crippen molar-refractivity contribution >= 4 is 39.4 Å². The van der Waals surface area contributed by atoms with E-state index in [2.05, 4.69) is 4.72 Å². The normalized spacial score (nSPS) is 11.5. The molecule has 1 aromatic rings. The molecule has 0 spiro atoms. The molecule has 0 fully saturated rings. The van der Waals surface area contributed by atoms with Crippen molar-refractivity contribution in [1.29, 1.82) is 0 Å². The molecule has 0 saturated carbocycles. The first-order valence-corrected chi connectivity index (χ1v) is 9.15. The van der Waals surface area contributed by atoms with Crippen molar-refractivity contribution < 1.29 is 18.3 Å². The number of hydrogen-bond donors (Lipinski definition) is 2. The van der Waals surface area contributed by atoms with E-state index >= 15 is 0 Å². The van der Waals surface area contributed by atoms with E-state index in [1.807, 2.05) is 6.26 Å². The molecule has 5 nitrogen and oxygen atoms in total. The average molecular weight is 338 g/mol. The van der Waals surface area contributed by atoms with E-state index in [1.54, 1.807) is 11.8 Å².